The molecule has 1 aromatic carbocycles. The average Bonchev–Trinajstić information content (AvgIpc) is 2.42. The highest BCUT2D eigenvalue weighted by Crippen LogP contribution is 2.14. The van der Waals surface area contributed by atoms with Crippen LogP contribution >= 0.6 is 0 Å². The molecule has 1 atom stereocenters. The van der Waals surface area contributed by atoms with Gasteiger partial charge in [-0.25, -0.2) is 9.18 Å². The molecule has 0 radical (unpaired) electrons. The van der Waals surface area contributed by atoms with Crippen LogP contribution in [0.2, 0.25) is 0 Å². The molecule has 1 saturated heterocycles. The van der Waals surface area contributed by atoms with Gasteiger partial charge < -0.3 is 9.47 Å². The maximum Gasteiger partial charge on any atom is 0.341 e. The highest BCUT2D eigenvalue weighted by molar-refractivity contribution is 5.90. The Bertz CT molecular complexity index is 472. The van der Waals surface area contributed by atoms with E-state index in [0.717, 1.165) is 13.1 Å². The minimum Gasteiger partial charge on any atom is -0.458 e. The molecule has 0 unspecified atom stereocenters. The van der Waals surface area contributed by atoms with Gasteiger partial charge in [-0.05, 0) is 25.5 Å². The molecule has 4 nitrogen and oxygen atoms in total. The molecule has 1 fully saturated rings. The van der Waals surface area contributed by atoms with Crippen molar-refractivity contribution < 1.29 is 18.7 Å². The van der Waals surface area contributed by atoms with Crippen LogP contribution in [0.1, 0.15) is 22.8 Å². The van der Waals surface area contributed by atoms with E-state index in [1.165, 1.54) is 6.07 Å². The van der Waals surface area contributed by atoms with Crippen LogP contribution in [0.25, 0.3) is 0 Å². The van der Waals surface area contributed by atoms with Crippen molar-refractivity contribution in [2.75, 3.05) is 32.8 Å². The van der Waals surface area contributed by atoms with E-state index in [2.05, 4.69) is 4.90 Å². The number of aryl methyl sites for hydroxylation is 1. The Labute approximate surface area is 118 Å². The van der Waals surface area contributed by atoms with Gasteiger partial charge in [0, 0.05) is 19.6 Å². The number of esters is 1. The molecule has 0 amide bonds. The molecule has 0 aliphatic carbocycles. The van der Waals surface area contributed by atoms with Crippen molar-refractivity contribution in [3.05, 3.63) is 35.1 Å². The Morgan fingerprint density at radius 1 is 1.45 bits per heavy atom. The molecule has 110 valence electrons. The monoisotopic (exact) mass is 281 g/mol. The summed E-state index contributed by atoms with van der Waals surface area (Å²) in [5, 5.41) is 0. The number of halogens is 1. The fraction of sp³-hybridized carbons (Fsp3) is 0.533. The van der Waals surface area contributed by atoms with E-state index in [1.807, 2.05) is 6.92 Å². The zero-order valence-corrected chi connectivity index (χ0v) is 11.9. The first kappa shape index (κ1) is 14.9. The number of ether oxygens (including phenoxy) is 2. The quantitative estimate of drug-likeness (QED) is 0.791. The van der Waals surface area contributed by atoms with Gasteiger partial charge in [0.1, 0.15) is 11.9 Å². The Balaban J connectivity index is 1.91. The van der Waals surface area contributed by atoms with Gasteiger partial charge in [0.15, 0.2) is 0 Å². The van der Waals surface area contributed by atoms with Crippen molar-refractivity contribution in [1.29, 1.82) is 0 Å². The maximum atomic E-state index is 13.8. The molecule has 0 saturated carbocycles. The van der Waals surface area contributed by atoms with Crippen LogP contribution in [0.5, 0.6) is 0 Å². The third-order valence-electron chi connectivity index (χ3n) is 3.34. The van der Waals surface area contributed by atoms with Gasteiger partial charge in [0.25, 0.3) is 0 Å². The van der Waals surface area contributed by atoms with Crippen LogP contribution < -0.4 is 0 Å². The third-order valence-corrected chi connectivity index (χ3v) is 3.34. The number of hydrogen-bond acceptors (Lipinski definition) is 4. The number of rotatable bonds is 4. The molecular weight excluding hydrogens is 261 g/mol. The summed E-state index contributed by atoms with van der Waals surface area (Å²) in [6.45, 7) is 7.16. The molecule has 5 heteroatoms. The van der Waals surface area contributed by atoms with E-state index >= 15 is 0 Å². The lowest BCUT2D eigenvalue weighted by Crippen LogP contribution is -2.41. The van der Waals surface area contributed by atoms with Gasteiger partial charge in [-0.1, -0.05) is 12.1 Å². The predicted octanol–water partition coefficient (Wildman–Crippen LogP) is 2.01. The number of nitrogens with zero attached hydrogens (tertiary/aromatic N) is 1. The second-order valence-electron chi connectivity index (χ2n) is 5.07. The first-order valence-corrected chi connectivity index (χ1v) is 6.84. The predicted molar refractivity (Wildman–Crippen MR) is 73.3 cm³/mol. The smallest absolute Gasteiger partial charge is 0.341 e. The lowest BCUT2D eigenvalue weighted by atomic mass is 10.1. The maximum absolute atomic E-state index is 13.8. The summed E-state index contributed by atoms with van der Waals surface area (Å²) in [4.78, 5) is 14.1. The third kappa shape index (κ3) is 3.77. The summed E-state index contributed by atoms with van der Waals surface area (Å²) in [7, 11) is 0. The normalized spacial score (nSPS) is 17.8. The number of carbonyl (C=O) groups is 1. The summed E-state index contributed by atoms with van der Waals surface area (Å²) in [6, 6.07) is 4.73. The molecule has 0 bridgehead atoms. The molecule has 0 aromatic heterocycles. The van der Waals surface area contributed by atoms with Crippen molar-refractivity contribution in [3.8, 4) is 0 Å². The van der Waals surface area contributed by atoms with Crippen molar-refractivity contribution in [1.82, 2.24) is 4.90 Å². The van der Waals surface area contributed by atoms with E-state index in [1.54, 1.807) is 19.1 Å². The summed E-state index contributed by atoms with van der Waals surface area (Å²) < 4.78 is 24.4. The zero-order chi connectivity index (χ0) is 14.5. The van der Waals surface area contributed by atoms with Gasteiger partial charge in [0.05, 0.1) is 18.8 Å². The number of carbonyl (C=O) groups excluding carboxylic acids is 1. The molecule has 0 spiro atoms. The van der Waals surface area contributed by atoms with Gasteiger partial charge in [-0.15, -0.1) is 0 Å². The van der Waals surface area contributed by atoms with Crippen molar-refractivity contribution in [3.63, 3.8) is 0 Å². The molecular formula is C15H20FNO3. The lowest BCUT2D eigenvalue weighted by Gasteiger charge is -2.28. The first-order chi connectivity index (χ1) is 9.58. The minimum absolute atomic E-state index is 0.00109. The number of morpholine rings is 1. The molecule has 0 N–H and O–H groups in total. The minimum atomic E-state index is -0.605. The van der Waals surface area contributed by atoms with E-state index in [0.29, 0.717) is 25.3 Å². The highest BCUT2D eigenvalue weighted by Gasteiger charge is 2.20. The molecule has 1 heterocycles. The second-order valence-corrected chi connectivity index (χ2v) is 5.07. The second kappa shape index (κ2) is 6.81. The van der Waals surface area contributed by atoms with E-state index < -0.39 is 11.8 Å². The Hall–Kier alpha value is -1.46. The molecule has 2 rings (SSSR count). The summed E-state index contributed by atoms with van der Waals surface area (Å²) in [5.41, 5.74) is 0.444. The fourth-order valence-electron chi connectivity index (χ4n) is 2.24. The molecule has 20 heavy (non-hydrogen) atoms. The van der Waals surface area contributed by atoms with Crippen LogP contribution in [-0.2, 0) is 9.47 Å². The van der Waals surface area contributed by atoms with Crippen LogP contribution in [0.15, 0.2) is 18.2 Å². The van der Waals surface area contributed by atoms with Crippen LogP contribution in [0, 0.1) is 12.7 Å². The summed E-state index contributed by atoms with van der Waals surface area (Å²) in [5.74, 6) is -1.11. The van der Waals surface area contributed by atoms with Gasteiger partial charge >= 0.3 is 5.97 Å². The van der Waals surface area contributed by atoms with Gasteiger partial charge in [-0.3, -0.25) is 4.90 Å². The fourth-order valence-corrected chi connectivity index (χ4v) is 2.24. The topological polar surface area (TPSA) is 38.8 Å². The summed E-state index contributed by atoms with van der Waals surface area (Å²) >= 11 is 0. The largest absolute Gasteiger partial charge is 0.458 e. The standard InChI is InChI=1S/C15H20FNO3/c1-11-4-3-5-13(14(11)16)15(18)20-12(2)10-17-6-8-19-9-7-17/h3-5,12H,6-10H2,1-2H3/t12-/m0/s1. The van der Waals surface area contributed by atoms with Gasteiger partial charge in [0.2, 0.25) is 0 Å². The van der Waals surface area contributed by atoms with Crippen LogP contribution in [0.3, 0.4) is 0 Å². The van der Waals surface area contributed by atoms with E-state index in [-0.39, 0.29) is 11.7 Å². The van der Waals surface area contributed by atoms with Crippen molar-refractivity contribution >= 4 is 5.97 Å². The molecule has 1 aliphatic rings. The van der Waals surface area contributed by atoms with Crippen LogP contribution in [0.4, 0.5) is 4.39 Å². The SMILES string of the molecule is Cc1cccc(C(=O)O[C@@H](C)CN2CCOCC2)c1F. The Kier molecular flexibility index (Phi) is 5.09. The average molecular weight is 281 g/mol. The molecule has 1 aromatic rings. The molecule has 1 aliphatic heterocycles. The zero-order valence-electron chi connectivity index (χ0n) is 11.9. The van der Waals surface area contributed by atoms with E-state index in [9.17, 15) is 9.18 Å². The van der Waals surface area contributed by atoms with Crippen molar-refractivity contribution in [2.24, 2.45) is 0 Å². The highest BCUT2D eigenvalue weighted by atomic mass is 19.1. The van der Waals surface area contributed by atoms with E-state index in [4.69, 9.17) is 9.47 Å². The Morgan fingerprint density at radius 2 is 2.15 bits per heavy atom. The Morgan fingerprint density at radius 3 is 2.85 bits per heavy atom. The van der Waals surface area contributed by atoms with Crippen LogP contribution in [-0.4, -0.2) is 49.8 Å². The number of hydrogen-bond donors (Lipinski definition) is 0. The van der Waals surface area contributed by atoms with Crippen molar-refractivity contribution in [2.45, 2.75) is 20.0 Å². The number of benzene rings is 1. The van der Waals surface area contributed by atoms with Gasteiger partial charge in [-0.2, -0.15) is 0 Å². The summed E-state index contributed by atoms with van der Waals surface area (Å²) in [6.07, 6.45) is -0.277. The first-order valence-electron chi connectivity index (χ1n) is 6.84. The lowest BCUT2D eigenvalue weighted by molar-refractivity contribution is 0.000203.